The maximum atomic E-state index is 3.77. The van der Waals surface area contributed by atoms with Crippen molar-refractivity contribution in [1.82, 2.24) is 5.32 Å². The molecule has 0 spiro atoms. The Kier molecular flexibility index (Phi) is 6.01. The molecule has 2 saturated carbocycles. The quantitative estimate of drug-likeness (QED) is 0.613. The van der Waals surface area contributed by atoms with Crippen LogP contribution in [0.25, 0.3) is 0 Å². The summed E-state index contributed by atoms with van der Waals surface area (Å²) >= 11 is 0. The smallest absolute Gasteiger partial charge is 0.00683 e. The van der Waals surface area contributed by atoms with Crippen LogP contribution < -0.4 is 5.32 Å². The molecule has 0 bridgehead atoms. The zero-order valence-electron chi connectivity index (χ0n) is 12.6. The molecule has 0 aliphatic heterocycles. The van der Waals surface area contributed by atoms with Crippen LogP contribution >= 0.6 is 0 Å². The van der Waals surface area contributed by atoms with Crippen molar-refractivity contribution in [1.29, 1.82) is 0 Å². The number of hydrogen-bond donors (Lipinski definition) is 1. The summed E-state index contributed by atoms with van der Waals surface area (Å²) in [5, 5.41) is 3.77. The molecule has 0 amide bonds. The fourth-order valence-corrected chi connectivity index (χ4v) is 3.62. The zero-order chi connectivity index (χ0) is 12.8. The predicted molar refractivity (Wildman–Crippen MR) is 79.8 cm³/mol. The van der Waals surface area contributed by atoms with Gasteiger partial charge in [0.25, 0.3) is 0 Å². The van der Waals surface area contributed by atoms with E-state index in [1.165, 1.54) is 70.8 Å². The van der Waals surface area contributed by atoms with E-state index in [0.29, 0.717) is 0 Å². The van der Waals surface area contributed by atoms with Gasteiger partial charge in [0.2, 0.25) is 0 Å². The summed E-state index contributed by atoms with van der Waals surface area (Å²) in [5.74, 6) is 3.00. The Bertz CT molecular complexity index is 222. The van der Waals surface area contributed by atoms with Gasteiger partial charge >= 0.3 is 0 Å². The maximum Gasteiger partial charge on any atom is 0.00683 e. The Morgan fingerprint density at radius 3 is 2.50 bits per heavy atom. The average Bonchev–Trinajstić information content (AvgIpc) is 3.17. The van der Waals surface area contributed by atoms with Crippen LogP contribution in [0.1, 0.15) is 78.1 Å². The summed E-state index contributed by atoms with van der Waals surface area (Å²) < 4.78 is 0. The summed E-state index contributed by atoms with van der Waals surface area (Å²) in [4.78, 5) is 0. The second kappa shape index (κ2) is 7.53. The fourth-order valence-electron chi connectivity index (χ4n) is 3.62. The normalized spacial score (nSPS) is 32.7. The van der Waals surface area contributed by atoms with Crippen LogP contribution in [-0.2, 0) is 0 Å². The molecule has 2 fully saturated rings. The van der Waals surface area contributed by atoms with E-state index in [0.717, 1.165) is 23.8 Å². The van der Waals surface area contributed by atoms with Crippen molar-refractivity contribution in [3.63, 3.8) is 0 Å². The Labute approximate surface area is 114 Å². The Morgan fingerprint density at radius 1 is 0.944 bits per heavy atom. The Morgan fingerprint density at radius 2 is 1.78 bits per heavy atom. The van der Waals surface area contributed by atoms with E-state index < -0.39 is 0 Å². The molecule has 3 atom stereocenters. The minimum absolute atomic E-state index is 0.894. The molecular formula is C17H33N. The van der Waals surface area contributed by atoms with Gasteiger partial charge in [0.1, 0.15) is 0 Å². The molecule has 0 aromatic heterocycles. The van der Waals surface area contributed by atoms with Crippen molar-refractivity contribution >= 4 is 0 Å². The molecule has 0 saturated heterocycles. The number of hydrogen-bond acceptors (Lipinski definition) is 1. The highest BCUT2D eigenvalue weighted by atomic mass is 14.9. The summed E-state index contributed by atoms with van der Waals surface area (Å²) in [6.45, 7) is 6.09. The maximum absolute atomic E-state index is 3.77. The number of nitrogens with one attached hydrogen (secondary N) is 1. The van der Waals surface area contributed by atoms with E-state index in [1.807, 2.05) is 0 Å². The first-order valence-electron chi connectivity index (χ1n) is 8.53. The van der Waals surface area contributed by atoms with Crippen molar-refractivity contribution in [2.24, 2.45) is 17.8 Å². The third-order valence-corrected chi connectivity index (χ3v) is 5.08. The van der Waals surface area contributed by atoms with Gasteiger partial charge in [-0.05, 0) is 50.0 Å². The third kappa shape index (κ3) is 4.91. The summed E-state index contributed by atoms with van der Waals surface area (Å²) in [6.07, 6.45) is 14.6. The lowest BCUT2D eigenvalue weighted by Gasteiger charge is -2.35. The van der Waals surface area contributed by atoms with E-state index in [4.69, 9.17) is 0 Å². The second-order valence-electron chi connectivity index (χ2n) is 6.97. The van der Waals surface area contributed by atoms with Crippen LogP contribution in [0, 0.1) is 17.8 Å². The first-order valence-corrected chi connectivity index (χ1v) is 8.53. The van der Waals surface area contributed by atoms with Gasteiger partial charge in [-0.3, -0.25) is 0 Å². The standard InChI is InChI=1S/C17H33N/c1-3-4-5-6-7-15-12-14(2)8-9-16(15)13-18-17-10-11-17/h14-18H,3-13H2,1-2H3. The van der Waals surface area contributed by atoms with Gasteiger partial charge in [-0.15, -0.1) is 0 Å². The minimum Gasteiger partial charge on any atom is -0.314 e. The highest BCUT2D eigenvalue weighted by Crippen LogP contribution is 2.37. The van der Waals surface area contributed by atoms with Crippen LogP contribution in [0.2, 0.25) is 0 Å². The molecule has 1 N–H and O–H groups in total. The molecular weight excluding hydrogens is 218 g/mol. The predicted octanol–water partition coefficient (Wildman–Crippen LogP) is 4.76. The average molecular weight is 251 g/mol. The van der Waals surface area contributed by atoms with Gasteiger partial charge in [-0.25, -0.2) is 0 Å². The zero-order valence-corrected chi connectivity index (χ0v) is 12.6. The first kappa shape index (κ1) is 14.4. The van der Waals surface area contributed by atoms with Crippen molar-refractivity contribution in [2.75, 3.05) is 6.54 Å². The molecule has 2 rings (SSSR count). The molecule has 0 aromatic rings. The van der Waals surface area contributed by atoms with Gasteiger partial charge in [-0.1, -0.05) is 52.4 Å². The van der Waals surface area contributed by atoms with E-state index >= 15 is 0 Å². The van der Waals surface area contributed by atoms with Gasteiger partial charge in [0.15, 0.2) is 0 Å². The molecule has 2 aliphatic rings. The monoisotopic (exact) mass is 251 g/mol. The van der Waals surface area contributed by atoms with Crippen LogP contribution in [0.15, 0.2) is 0 Å². The molecule has 3 unspecified atom stereocenters. The SMILES string of the molecule is CCCCCCC1CC(C)CCC1CNC1CC1. The third-order valence-electron chi connectivity index (χ3n) is 5.08. The minimum atomic E-state index is 0.894. The van der Waals surface area contributed by atoms with Gasteiger partial charge in [-0.2, -0.15) is 0 Å². The summed E-state index contributed by atoms with van der Waals surface area (Å²) in [7, 11) is 0. The first-order chi connectivity index (χ1) is 8.79. The van der Waals surface area contributed by atoms with Crippen LogP contribution in [0.5, 0.6) is 0 Å². The highest BCUT2D eigenvalue weighted by molar-refractivity contribution is 4.85. The fraction of sp³-hybridized carbons (Fsp3) is 1.00. The largest absolute Gasteiger partial charge is 0.314 e. The Balaban J connectivity index is 1.69. The molecule has 0 radical (unpaired) electrons. The molecule has 1 heteroatoms. The van der Waals surface area contributed by atoms with Crippen LogP contribution in [-0.4, -0.2) is 12.6 Å². The second-order valence-corrected chi connectivity index (χ2v) is 6.97. The molecule has 0 aromatic carbocycles. The number of unbranched alkanes of at least 4 members (excludes halogenated alkanes) is 3. The van der Waals surface area contributed by atoms with Crippen LogP contribution in [0.3, 0.4) is 0 Å². The van der Waals surface area contributed by atoms with E-state index in [1.54, 1.807) is 0 Å². The van der Waals surface area contributed by atoms with Gasteiger partial charge < -0.3 is 5.32 Å². The van der Waals surface area contributed by atoms with E-state index in [2.05, 4.69) is 19.2 Å². The molecule has 1 nitrogen and oxygen atoms in total. The molecule has 0 heterocycles. The van der Waals surface area contributed by atoms with Crippen molar-refractivity contribution < 1.29 is 0 Å². The topological polar surface area (TPSA) is 12.0 Å². The van der Waals surface area contributed by atoms with E-state index in [-0.39, 0.29) is 0 Å². The van der Waals surface area contributed by atoms with Gasteiger partial charge in [0, 0.05) is 6.04 Å². The summed E-state index contributed by atoms with van der Waals surface area (Å²) in [5.41, 5.74) is 0. The molecule has 2 aliphatic carbocycles. The lowest BCUT2D eigenvalue weighted by Crippen LogP contribution is -2.33. The van der Waals surface area contributed by atoms with Crippen molar-refractivity contribution in [2.45, 2.75) is 84.1 Å². The van der Waals surface area contributed by atoms with Crippen LogP contribution in [0.4, 0.5) is 0 Å². The highest BCUT2D eigenvalue weighted by Gasteiger charge is 2.29. The lowest BCUT2D eigenvalue weighted by atomic mass is 9.72. The molecule has 106 valence electrons. The summed E-state index contributed by atoms with van der Waals surface area (Å²) in [6, 6.07) is 0.894. The van der Waals surface area contributed by atoms with Crippen molar-refractivity contribution in [3.05, 3.63) is 0 Å². The number of rotatable bonds is 8. The molecule has 18 heavy (non-hydrogen) atoms. The van der Waals surface area contributed by atoms with Crippen molar-refractivity contribution in [3.8, 4) is 0 Å². The van der Waals surface area contributed by atoms with Gasteiger partial charge in [0.05, 0.1) is 0 Å². The lowest BCUT2D eigenvalue weighted by molar-refractivity contribution is 0.171. The Hall–Kier alpha value is -0.0400. The van der Waals surface area contributed by atoms with E-state index in [9.17, 15) is 0 Å².